The Morgan fingerprint density at radius 3 is 2.84 bits per heavy atom. The molecule has 1 amide bonds. The standard InChI is InChI=1S/C17H17BrN4O2S/c1-10-6-7-13(12(18)9-10)19-16(23)11(2)25-17-21-20-15(22(17)3)14-5-4-8-24-14/h4-9,11H,1-3H3,(H,19,23). The summed E-state index contributed by atoms with van der Waals surface area (Å²) >= 11 is 4.82. The Hall–Kier alpha value is -2.06. The molecule has 1 atom stereocenters. The van der Waals surface area contributed by atoms with Gasteiger partial charge >= 0.3 is 0 Å². The molecular weight excluding hydrogens is 404 g/mol. The van der Waals surface area contributed by atoms with Crippen molar-refractivity contribution >= 4 is 39.3 Å². The third kappa shape index (κ3) is 3.96. The van der Waals surface area contributed by atoms with Gasteiger partial charge in [0.2, 0.25) is 5.91 Å². The Morgan fingerprint density at radius 1 is 1.36 bits per heavy atom. The number of aryl methyl sites for hydroxylation is 1. The van der Waals surface area contributed by atoms with Crippen LogP contribution in [0.5, 0.6) is 0 Å². The third-order valence-corrected chi connectivity index (χ3v) is 5.40. The highest BCUT2D eigenvalue weighted by molar-refractivity contribution is 9.10. The first-order valence-corrected chi connectivity index (χ1v) is 9.30. The van der Waals surface area contributed by atoms with Crippen LogP contribution in [0.25, 0.3) is 11.6 Å². The number of hydrogen-bond acceptors (Lipinski definition) is 5. The summed E-state index contributed by atoms with van der Waals surface area (Å²) in [5.74, 6) is 1.17. The monoisotopic (exact) mass is 420 g/mol. The van der Waals surface area contributed by atoms with Crippen molar-refractivity contribution in [2.24, 2.45) is 7.05 Å². The summed E-state index contributed by atoms with van der Waals surface area (Å²) in [4.78, 5) is 12.5. The number of halogens is 1. The molecule has 3 aromatic rings. The molecule has 8 heteroatoms. The van der Waals surface area contributed by atoms with Crippen LogP contribution in [0.4, 0.5) is 5.69 Å². The fraction of sp³-hybridized carbons (Fsp3) is 0.235. The number of carbonyl (C=O) groups is 1. The summed E-state index contributed by atoms with van der Waals surface area (Å²) < 4.78 is 8.02. The fourth-order valence-corrected chi connectivity index (χ4v) is 3.61. The van der Waals surface area contributed by atoms with E-state index < -0.39 is 0 Å². The maximum Gasteiger partial charge on any atom is 0.237 e. The molecule has 2 heterocycles. The van der Waals surface area contributed by atoms with Gasteiger partial charge < -0.3 is 14.3 Å². The fourth-order valence-electron chi connectivity index (χ4n) is 2.21. The van der Waals surface area contributed by atoms with E-state index in [4.69, 9.17) is 4.42 Å². The number of nitrogens with one attached hydrogen (secondary N) is 1. The zero-order chi connectivity index (χ0) is 18.0. The summed E-state index contributed by atoms with van der Waals surface area (Å²) in [6, 6.07) is 9.42. The Kier molecular flexibility index (Phi) is 5.29. The van der Waals surface area contributed by atoms with E-state index in [2.05, 4.69) is 31.4 Å². The average molecular weight is 421 g/mol. The van der Waals surface area contributed by atoms with Gasteiger partial charge in [0.15, 0.2) is 16.7 Å². The smallest absolute Gasteiger partial charge is 0.237 e. The normalized spacial score (nSPS) is 12.2. The SMILES string of the molecule is Cc1ccc(NC(=O)C(C)Sc2nnc(-c3ccco3)n2C)c(Br)c1. The zero-order valence-corrected chi connectivity index (χ0v) is 16.4. The first-order chi connectivity index (χ1) is 12.0. The highest BCUT2D eigenvalue weighted by atomic mass is 79.9. The van der Waals surface area contributed by atoms with Gasteiger partial charge in [0.25, 0.3) is 0 Å². The number of thioether (sulfide) groups is 1. The summed E-state index contributed by atoms with van der Waals surface area (Å²) in [5, 5.41) is 11.5. The van der Waals surface area contributed by atoms with Gasteiger partial charge in [0.1, 0.15) is 0 Å². The van der Waals surface area contributed by atoms with Crippen LogP contribution < -0.4 is 5.32 Å². The maximum absolute atomic E-state index is 12.5. The van der Waals surface area contributed by atoms with Gasteiger partial charge in [-0.15, -0.1) is 10.2 Å². The van der Waals surface area contributed by atoms with Crippen molar-refractivity contribution in [1.29, 1.82) is 0 Å². The molecule has 0 aliphatic carbocycles. The summed E-state index contributed by atoms with van der Waals surface area (Å²) in [5.41, 5.74) is 1.87. The van der Waals surface area contributed by atoms with E-state index in [1.807, 2.05) is 49.7 Å². The van der Waals surface area contributed by atoms with Crippen LogP contribution in [0.3, 0.4) is 0 Å². The predicted molar refractivity (Wildman–Crippen MR) is 102 cm³/mol. The average Bonchev–Trinajstić information content (AvgIpc) is 3.20. The maximum atomic E-state index is 12.5. The number of aromatic nitrogens is 3. The molecular formula is C17H17BrN4O2S. The van der Waals surface area contributed by atoms with Crippen molar-refractivity contribution in [2.75, 3.05) is 5.32 Å². The quantitative estimate of drug-likeness (QED) is 0.623. The lowest BCUT2D eigenvalue weighted by Gasteiger charge is -2.13. The molecule has 0 saturated heterocycles. The second-order valence-corrected chi connectivity index (χ2v) is 7.74. The highest BCUT2D eigenvalue weighted by Gasteiger charge is 2.20. The molecule has 0 aliphatic rings. The van der Waals surface area contributed by atoms with Gasteiger partial charge in [-0.2, -0.15) is 0 Å². The van der Waals surface area contributed by atoms with Crippen molar-refractivity contribution in [3.05, 3.63) is 46.6 Å². The second-order valence-electron chi connectivity index (χ2n) is 5.58. The Labute approximate surface area is 158 Å². The lowest BCUT2D eigenvalue weighted by atomic mass is 10.2. The van der Waals surface area contributed by atoms with E-state index in [1.165, 1.54) is 11.8 Å². The number of benzene rings is 1. The molecule has 6 nitrogen and oxygen atoms in total. The molecule has 1 N–H and O–H groups in total. The molecule has 0 radical (unpaired) electrons. The number of nitrogens with zero attached hydrogens (tertiary/aromatic N) is 3. The molecule has 0 spiro atoms. The van der Waals surface area contributed by atoms with Crippen LogP contribution in [0.15, 0.2) is 50.6 Å². The van der Waals surface area contributed by atoms with E-state index in [0.717, 1.165) is 15.7 Å². The van der Waals surface area contributed by atoms with Gasteiger partial charge in [0, 0.05) is 11.5 Å². The Morgan fingerprint density at radius 2 is 2.16 bits per heavy atom. The minimum absolute atomic E-state index is 0.0999. The molecule has 130 valence electrons. The molecule has 2 aromatic heterocycles. The van der Waals surface area contributed by atoms with Crippen LogP contribution in [0, 0.1) is 6.92 Å². The van der Waals surface area contributed by atoms with Gasteiger partial charge in [-0.1, -0.05) is 17.8 Å². The molecule has 25 heavy (non-hydrogen) atoms. The van der Waals surface area contributed by atoms with Gasteiger partial charge in [-0.25, -0.2) is 0 Å². The molecule has 1 aromatic carbocycles. The van der Waals surface area contributed by atoms with E-state index >= 15 is 0 Å². The van der Waals surface area contributed by atoms with E-state index in [0.29, 0.717) is 16.7 Å². The molecule has 0 bridgehead atoms. The number of hydrogen-bond donors (Lipinski definition) is 1. The molecule has 0 fully saturated rings. The number of rotatable bonds is 5. The summed E-state index contributed by atoms with van der Waals surface area (Å²) in [7, 11) is 1.85. The zero-order valence-electron chi connectivity index (χ0n) is 14.0. The Bertz CT molecular complexity index is 892. The predicted octanol–water partition coefficient (Wildman–Crippen LogP) is 4.27. The first-order valence-electron chi connectivity index (χ1n) is 7.62. The largest absolute Gasteiger partial charge is 0.461 e. The van der Waals surface area contributed by atoms with Gasteiger partial charge in [-0.3, -0.25) is 4.79 Å². The highest BCUT2D eigenvalue weighted by Crippen LogP contribution is 2.28. The minimum Gasteiger partial charge on any atom is -0.461 e. The first kappa shape index (κ1) is 17.8. The van der Waals surface area contributed by atoms with Crippen molar-refractivity contribution in [3.8, 4) is 11.6 Å². The van der Waals surface area contributed by atoms with Crippen LogP contribution in [-0.4, -0.2) is 25.9 Å². The van der Waals surface area contributed by atoms with Crippen molar-refractivity contribution in [1.82, 2.24) is 14.8 Å². The van der Waals surface area contributed by atoms with Gasteiger partial charge in [0.05, 0.1) is 17.2 Å². The molecule has 3 rings (SSSR count). The van der Waals surface area contributed by atoms with E-state index in [1.54, 1.807) is 12.3 Å². The van der Waals surface area contributed by atoms with Gasteiger partial charge in [-0.05, 0) is 59.6 Å². The molecule has 0 saturated carbocycles. The Balaban J connectivity index is 1.69. The third-order valence-electron chi connectivity index (χ3n) is 3.61. The summed E-state index contributed by atoms with van der Waals surface area (Å²) in [6.45, 7) is 3.84. The van der Waals surface area contributed by atoms with Crippen LogP contribution in [-0.2, 0) is 11.8 Å². The van der Waals surface area contributed by atoms with Crippen LogP contribution in [0.2, 0.25) is 0 Å². The number of furan rings is 1. The summed E-state index contributed by atoms with van der Waals surface area (Å²) in [6.07, 6.45) is 1.59. The van der Waals surface area contributed by atoms with Crippen LogP contribution >= 0.6 is 27.7 Å². The lowest BCUT2D eigenvalue weighted by Crippen LogP contribution is -2.23. The lowest BCUT2D eigenvalue weighted by molar-refractivity contribution is -0.115. The number of amides is 1. The van der Waals surface area contributed by atoms with E-state index in [-0.39, 0.29) is 11.2 Å². The molecule has 0 aliphatic heterocycles. The molecule has 1 unspecified atom stereocenters. The van der Waals surface area contributed by atoms with Crippen LogP contribution in [0.1, 0.15) is 12.5 Å². The van der Waals surface area contributed by atoms with Crippen molar-refractivity contribution in [2.45, 2.75) is 24.3 Å². The second kappa shape index (κ2) is 7.45. The van der Waals surface area contributed by atoms with Crippen molar-refractivity contribution < 1.29 is 9.21 Å². The number of carbonyl (C=O) groups excluding carboxylic acids is 1. The minimum atomic E-state index is -0.333. The van der Waals surface area contributed by atoms with E-state index in [9.17, 15) is 4.79 Å². The topological polar surface area (TPSA) is 73.0 Å². The number of anilines is 1. The van der Waals surface area contributed by atoms with Crippen molar-refractivity contribution in [3.63, 3.8) is 0 Å².